The van der Waals surface area contributed by atoms with Crippen LogP contribution in [0.4, 0.5) is 0 Å². The van der Waals surface area contributed by atoms with Gasteiger partial charge in [0.25, 0.3) is 0 Å². The summed E-state index contributed by atoms with van der Waals surface area (Å²) in [4.78, 5) is 4.34. The van der Waals surface area contributed by atoms with Crippen LogP contribution in [0.5, 0.6) is 0 Å². The van der Waals surface area contributed by atoms with E-state index in [1.807, 2.05) is 7.05 Å². The number of nitrogens with zero attached hydrogens (tertiary/aromatic N) is 2. The smallest absolute Gasteiger partial charge is 0.229 e. The average Bonchev–Trinajstić information content (AvgIpc) is 3.02. The van der Waals surface area contributed by atoms with Gasteiger partial charge in [0.15, 0.2) is 5.82 Å². The molecule has 0 atom stereocenters. The number of hydrogen-bond donors (Lipinski definition) is 1. The largest absolute Gasteiger partial charge is 0.370 e. The summed E-state index contributed by atoms with van der Waals surface area (Å²) in [7, 11) is 1.99. The first-order valence-corrected chi connectivity index (χ1v) is 6.44. The van der Waals surface area contributed by atoms with Gasteiger partial charge in [0, 0.05) is 5.92 Å². The number of aromatic nitrogens is 2. The Labute approximate surface area is 101 Å². The van der Waals surface area contributed by atoms with Crippen LogP contribution in [0.25, 0.3) is 0 Å². The van der Waals surface area contributed by atoms with E-state index in [0.29, 0.717) is 24.5 Å². The zero-order chi connectivity index (χ0) is 11.7. The Hall–Kier alpha value is -0.940. The highest BCUT2D eigenvalue weighted by Gasteiger charge is 2.31. The minimum Gasteiger partial charge on any atom is -0.370 e. The van der Waals surface area contributed by atoms with Crippen LogP contribution in [0.2, 0.25) is 0 Å². The van der Waals surface area contributed by atoms with Gasteiger partial charge < -0.3 is 14.6 Å². The molecule has 1 N–H and O–H groups in total. The molecule has 2 aliphatic rings. The molecule has 0 aliphatic heterocycles. The molecule has 2 fully saturated rings. The second kappa shape index (κ2) is 4.74. The first kappa shape index (κ1) is 11.2. The molecule has 3 rings (SSSR count). The highest BCUT2D eigenvalue weighted by Crippen LogP contribution is 2.39. The lowest BCUT2D eigenvalue weighted by molar-refractivity contribution is -0.0419. The monoisotopic (exact) mass is 237 g/mol. The Bertz CT molecular complexity index is 370. The van der Waals surface area contributed by atoms with Gasteiger partial charge in [-0.2, -0.15) is 4.98 Å². The molecular formula is C12H19N3O2. The molecule has 0 spiro atoms. The van der Waals surface area contributed by atoms with E-state index >= 15 is 0 Å². The van der Waals surface area contributed by atoms with Crippen LogP contribution in [-0.2, 0) is 11.3 Å². The predicted octanol–water partition coefficient (Wildman–Crippen LogP) is 1.46. The number of hydrogen-bond acceptors (Lipinski definition) is 5. The third kappa shape index (κ3) is 2.66. The maximum Gasteiger partial charge on any atom is 0.229 e. The van der Waals surface area contributed by atoms with Crippen molar-refractivity contribution in [1.29, 1.82) is 0 Å². The molecule has 1 heterocycles. The zero-order valence-electron chi connectivity index (χ0n) is 10.2. The first-order valence-electron chi connectivity index (χ1n) is 6.44. The molecule has 5 nitrogen and oxygen atoms in total. The molecule has 94 valence electrons. The van der Waals surface area contributed by atoms with Crippen LogP contribution in [0.1, 0.15) is 43.3 Å². The average molecular weight is 237 g/mol. The number of rotatable bonds is 6. The van der Waals surface area contributed by atoms with Gasteiger partial charge >= 0.3 is 0 Å². The van der Waals surface area contributed by atoms with E-state index in [2.05, 4.69) is 15.5 Å². The molecule has 0 radical (unpaired) electrons. The summed E-state index contributed by atoms with van der Waals surface area (Å²) in [6.45, 7) is 1.58. The fraction of sp³-hybridized carbons (Fsp3) is 0.833. The van der Waals surface area contributed by atoms with Crippen molar-refractivity contribution >= 4 is 0 Å². The third-order valence-electron chi connectivity index (χ3n) is 3.54. The summed E-state index contributed by atoms with van der Waals surface area (Å²) in [5, 5.41) is 7.13. The normalized spacial score (nSPS) is 28.1. The van der Waals surface area contributed by atoms with Crippen molar-refractivity contribution in [1.82, 2.24) is 15.5 Å². The van der Waals surface area contributed by atoms with Gasteiger partial charge in [-0.1, -0.05) is 5.16 Å². The maximum absolute atomic E-state index is 5.74. The Morgan fingerprint density at radius 1 is 1.41 bits per heavy atom. The van der Waals surface area contributed by atoms with E-state index in [1.54, 1.807) is 0 Å². The maximum atomic E-state index is 5.74. The van der Waals surface area contributed by atoms with Gasteiger partial charge in [0.1, 0.15) is 6.61 Å². The molecule has 0 aromatic carbocycles. The summed E-state index contributed by atoms with van der Waals surface area (Å²) in [5.74, 6) is 2.80. The molecule has 5 heteroatoms. The second-order valence-electron chi connectivity index (χ2n) is 5.15. The summed E-state index contributed by atoms with van der Waals surface area (Å²) in [5.41, 5.74) is 0. The molecule has 0 bridgehead atoms. The van der Waals surface area contributed by atoms with Crippen molar-refractivity contribution in [3.05, 3.63) is 11.7 Å². The summed E-state index contributed by atoms with van der Waals surface area (Å²) >= 11 is 0. The van der Waals surface area contributed by atoms with Crippen molar-refractivity contribution in [2.24, 2.45) is 5.92 Å². The minimum atomic E-state index is 0.385. The molecule has 2 aliphatic carbocycles. The van der Waals surface area contributed by atoms with Crippen LogP contribution in [0, 0.1) is 5.92 Å². The summed E-state index contributed by atoms with van der Waals surface area (Å²) in [6.07, 6.45) is 5.06. The van der Waals surface area contributed by atoms with E-state index in [-0.39, 0.29) is 0 Å². The van der Waals surface area contributed by atoms with Crippen molar-refractivity contribution in [3.8, 4) is 0 Å². The lowest BCUT2D eigenvalue weighted by Gasteiger charge is -2.34. The van der Waals surface area contributed by atoms with Crippen molar-refractivity contribution in [2.45, 2.75) is 44.3 Å². The standard InChI is InChI=1S/C12H19N3O2/c1-13-6-8-4-10(5-8)16-7-11-14-12(17-15-11)9-2-3-9/h8-10,13H,2-7H2,1H3. The predicted molar refractivity (Wildman–Crippen MR) is 61.5 cm³/mol. The Morgan fingerprint density at radius 3 is 2.94 bits per heavy atom. The van der Waals surface area contributed by atoms with Crippen LogP contribution < -0.4 is 5.32 Å². The number of nitrogens with one attached hydrogen (secondary N) is 1. The van der Waals surface area contributed by atoms with E-state index in [1.165, 1.54) is 12.8 Å². The van der Waals surface area contributed by atoms with Gasteiger partial charge in [-0.3, -0.25) is 0 Å². The van der Waals surface area contributed by atoms with Crippen molar-refractivity contribution in [2.75, 3.05) is 13.6 Å². The van der Waals surface area contributed by atoms with Crippen LogP contribution in [0.15, 0.2) is 4.52 Å². The van der Waals surface area contributed by atoms with Gasteiger partial charge in [-0.15, -0.1) is 0 Å². The quantitative estimate of drug-likeness (QED) is 0.811. The third-order valence-corrected chi connectivity index (χ3v) is 3.54. The highest BCUT2D eigenvalue weighted by molar-refractivity contribution is 5.01. The Morgan fingerprint density at radius 2 is 2.24 bits per heavy atom. The molecule has 1 aromatic rings. The molecule has 17 heavy (non-hydrogen) atoms. The number of ether oxygens (including phenoxy) is 1. The molecule has 1 aromatic heterocycles. The fourth-order valence-corrected chi connectivity index (χ4v) is 2.28. The van der Waals surface area contributed by atoms with Gasteiger partial charge in [0.2, 0.25) is 5.89 Å². The van der Waals surface area contributed by atoms with Crippen LogP contribution in [0.3, 0.4) is 0 Å². The molecular weight excluding hydrogens is 218 g/mol. The zero-order valence-corrected chi connectivity index (χ0v) is 10.2. The van der Waals surface area contributed by atoms with Crippen LogP contribution in [-0.4, -0.2) is 29.8 Å². The van der Waals surface area contributed by atoms with E-state index in [4.69, 9.17) is 9.26 Å². The highest BCUT2D eigenvalue weighted by atomic mass is 16.5. The van der Waals surface area contributed by atoms with E-state index < -0.39 is 0 Å². The van der Waals surface area contributed by atoms with Gasteiger partial charge in [0.05, 0.1) is 6.10 Å². The lowest BCUT2D eigenvalue weighted by atomic mass is 9.82. The minimum absolute atomic E-state index is 0.385. The summed E-state index contributed by atoms with van der Waals surface area (Å²) in [6, 6.07) is 0. The van der Waals surface area contributed by atoms with Crippen molar-refractivity contribution < 1.29 is 9.26 Å². The molecule has 0 amide bonds. The van der Waals surface area contributed by atoms with E-state index in [0.717, 1.165) is 31.2 Å². The summed E-state index contributed by atoms with van der Waals surface area (Å²) < 4.78 is 10.9. The SMILES string of the molecule is CNCC1CC(OCc2noc(C3CC3)n2)C1. The Kier molecular flexibility index (Phi) is 3.11. The van der Waals surface area contributed by atoms with Gasteiger partial charge in [-0.05, 0) is 45.2 Å². The van der Waals surface area contributed by atoms with E-state index in [9.17, 15) is 0 Å². The van der Waals surface area contributed by atoms with Gasteiger partial charge in [-0.25, -0.2) is 0 Å². The fourth-order valence-electron chi connectivity index (χ4n) is 2.28. The van der Waals surface area contributed by atoms with Crippen molar-refractivity contribution in [3.63, 3.8) is 0 Å². The second-order valence-corrected chi connectivity index (χ2v) is 5.15. The van der Waals surface area contributed by atoms with Crippen LogP contribution >= 0.6 is 0 Å². The molecule has 0 unspecified atom stereocenters. The molecule has 2 saturated carbocycles. The first-order chi connectivity index (χ1) is 8.35. The topological polar surface area (TPSA) is 60.2 Å². The lowest BCUT2D eigenvalue weighted by Crippen LogP contribution is -2.36. The molecule has 0 saturated heterocycles. The Balaban J connectivity index is 1.39.